The van der Waals surface area contributed by atoms with Crippen LogP contribution in [0.1, 0.15) is 34.2 Å². The van der Waals surface area contributed by atoms with Gasteiger partial charge in [0.2, 0.25) is 0 Å². The average Bonchev–Trinajstić information content (AvgIpc) is 2.79. The zero-order valence-corrected chi connectivity index (χ0v) is 22.0. The Labute approximate surface area is 215 Å². The standard InChI is InChI=1S/C25H32N6O6/c1-12-8-13(2)27-23(26-12)34-11-18-19(32)20(36-24-28-14(3)9-15(4)29-24)21(22(33-7)35-18)37-25-30-16(5)10-17(6)31-25/h8-10,18-22,32H,11H2,1-7H3/t18-,19-,20+,21-,22+/m1/s1. The van der Waals surface area contributed by atoms with Crippen molar-refractivity contribution in [2.75, 3.05) is 13.7 Å². The fourth-order valence-electron chi connectivity index (χ4n) is 4.13. The molecule has 5 atom stereocenters. The molecule has 37 heavy (non-hydrogen) atoms. The summed E-state index contributed by atoms with van der Waals surface area (Å²) in [5.41, 5.74) is 4.41. The second kappa shape index (κ2) is 11.3. The van der Waals surface area contributed by atoms with E-state index in [1.807, 2.05) is 59.7 Å². The Morgan fingerprint density at radius 3 is 1.51 bits per heavy atom. The van der Waals surface area contributed by atoms with Gasteiger partial charge in [0.15, 0.2) is 18.5 Å². The molecule has 1 aliphatic rings. The molecule has 4 heterocycles. The predicted octanol–water partition coefficient (Wildman–Crippen LogP) is 1.91. The van der Waals surface area contributed by atoms with E-state index in [0.717, 1.165) is 22.8 Å². The number of hydrogen-bond acceptors (Lipinski definition) is 12. The Bertz CT molecular complexity index is 1180. The van der Waals surface area contributed by atoms with E-state index < -0.39 is 30.7 Å². The van der Waals surface area contributed by atoms with Gasteiger partial charge in [0, 0.05) is 41.3 Å². The minimum absolute atomic E-state index is 0.0652. The first-order chi connectivity index (χ1) is 17.6. The van der Waals surface area contributed by atoms with Crippen LogP contribution < -0.4 is 14.2 Å². The van der Waals surface area contributed by atoms with Crippen molar-refractivity contribution in [3.05, 3.63) is 52.4 Å². The molecule has 0 radical (unpaired) electrons. The monoisotopic (exact) mass is 512 g/mol. The molecule has 0 saturated carbocycles. The van der Waals surface area contributed by atoms with Crippen LogP contribution in [0.4, 0.5) is 0 Å². The third kappa shape index (κ3) is 6.64. The van der Waals surface area contributed by atoms with Crippen LogP contribution in [0.5, 0.6) is 18.0 Å². The fourth-order valence-corrected chi connectivity index (χ4v) is 4.13. The molecule has 12 nitrogen and oxygen atoms in total. The Morgan fingerprint density at radius 2 is 1.08 bits per heavy atom. The first kappa shape index (κ1) is 26.6. The van der Waals surface area contributed by atoms with E-state index in [2.05, 4.69) is 29.9 Å². The summed E-state index contributed by atoms with van der Waals surface area (Å²) in [6.45, 7) is 11.0. The van der Waals surface area contributed by atoms with Gasteiger partial charge in [0.1, 0.15) is 18.8 Å². The molecule has 0 aromatic carbocycles. The van der Waals surface area contributed by atoms with Crippen molar-refractivity contribution in [3.63, 3.8) is 0 Å². The molecule has 0 spiro atoms. The molecular weight excluding hydrogens is 480 g/mol. The van der Waals surface area contributed by atoms with Crippen LogP contribution >= 0.6 is 0 Å². The first-order valence-corrected chi connectivity index (χ1v) is 11.9. The van der Waals surface area contributed by atoms with Crippen molar-refractivity contribution in [1.29, 1.82) is 0 Å². The lowest BCUT2D eigenvalue weighted by atomic mass is 9.98. The van der Waals surface area contributed by atoms with E-state index in [0.29, 0.717) is 11.4 Å². The average molecular weight is 513 g/mol. The van der Waals surface area contributed by atoms with Crippen LogP contribution in [0, 0.1) is 41.5 Å². The highest BCUT2D eigenvalue weighted by Gasteiger charge is 2.50. The lowest BCUT2D eigenvalue weighted by molar-refractivity contribution is -0.284. The number of aryl methyl sites for hydroxylation is 6. The van der Waals surface area contributed by atoms with E-state index in [1.165, 1.54) is 7.11 Å². The predicted molar refractivity (Wildman–Crippen MR) is 131 cm³/mol. The molecule has 0 aliphatic carbocycles. The lowest BCUT2D eigenvalue weighted by Crippen LogP contribution is -2.63. The van der Waals surface area contributed by atoms with Gasteiger partial charge in [-0.3, -0.25) is 0 Å². The van der Waals surface area contributed by atoms with Gasteiger partial charge in [-0.2, -0.15) is 0 Å². The van der Waals surface area contributed by atoms with Gasteiger partial charge in [-0.1, -0.05) is 0 Å². The van der Waals surface area contributed by atoms with Crippen LogP contribution in [0.2, 0.25) is 0 Å². The van der Waals surface area contributed by atoms with Crippen molar-refractivity contribution in [1.82, 2.24) is 29.9 Å². The van der Waals surface area contributed by atoms with Gasteiger partial charge < -0.3 is 28.8 Å². The lowest BCUT2D eigenvalue weighted by Gasteiger charge is -2.42. The number of rotatable bonds is 8. The second-order valence-corrected chi connectivity index (χ2v) is 9.05. The minimum Gasteiger partial charge on any atom is -0.461 e. The number of hydrogen-bond donors (Lipinski definition) is 1. The van der Waals surface area contributed by atoms with Crippen molar-refractivity contribution in [2.24, 2.45) is 0 Å². The number of aliphatic hydroxyl groups excluding tert-OH is 1. The molecule has 3 aromatic rings. The van der Waals surface area contributed by atoms with Gasteiger partial charge in [0.05, 0.1) is 0 Å². The minimum atomic E-state index is -1.22. The van der Waals surface area contributed by atoms with Crippen LogP contribution in [-0.2, 0) is 9.47 Å². The van der Waals surface area contributed by atoms with E-state index in [4.69, 9.17) is 23.7 Å². The Hall–Kier alpha value is -3.48. The molecule has 0 unspecified atom stereocenters. The molecule has 0 amide bonds. The summed E-state index contributed by atoms with van der Waals surface area (Å²) in [6.07, 6.45) is -5.03. The van der Waals surface area contributed by atoms with Gasteiger partial charge >= 0.3 is 18.0 Å². The molecule has 198 valence electrons. The summed E-state index contributed by atoms with van der Waals surface area (Å²) < 4.78 is 29.6. The smallest absolute Gasteiger partial charge is 0.317 e. The molecule has 1 N–H and O–H groups in total. The van der Waals surface area contributed by atoms with Gasteiger partial charge in [-0.05, 0) is 59.7 Å². The molecular formula is C25H32N6O6. The summed E-state index contributed by atoms with van der Waals surface area (Å²) in [5.74, 6) is 0. The quantitative estimate of drug-likeness (QED) is 0.471. The maximum atomic E-state index is 11.4. The first-order valence-electron chi connectivity index (χ1n) is 11.9. The maximum Gasteiger partial charge on any atom is 0.317 e. The zero-order chi connectivity index (χ0) is 26.7. The van der Waals surface area contributed by atoms with Crippen molar-refractivity contribution < 1.29 is 28.8 Å². The summed E-state index contributed by atoms with van der Waals surface area (Å²) in [4.78, 5) is 26.0. The van der Waals surface area contributed by atoms with E-state index in [9.17, 15) is 5.11 Å². The highest BCUT2D eigenvalue weighted by atomic mass is 16.7. The van der Waals surface area contributed by atoms with Gasteiger partial charge in [0.25, 0.3) is 0 Å². The number of aromatic nitrogens is 6. The topological polar surface area (TPSA) is 144 Å². The largest absolute Gasteiger partial charge is 0.461 e. The molecule has 1 fully saturated rings. The zero-order valence-electron chi connectivity index (χ0n) is 22.0. The molecule has 1 aliphatic heterocycles. The highest BCUT2D eigenvalue weighted by Crippen LogP contribution is 2.28. The summed E-state index contributed by atoms with van der Waals surface area (Å²) in [7, 11) is 1.47. The number of aliphatic hydroxyl groups is 1. The summed E-state index contributed by atoms with van der Waals surface area (Å²) in [5, 5.41) is 11.4. The van der Waals surface area contributed by atoms with E-state index >= 15 is 0 Å². The fraction of sp³-hybridized carbons (Fsp3) is 0.520. The van der Waals surface area contributed by atoms with Crippen LogP contribution in [0.3, 0.4) is 0 Å². The molecule has 3 aromatic heterocycles. The summed E-state index contributed by atoms with van der Waals surface area (Å²) in [6, 6.07) is 5.86. The Morgan fingerprint density at radius 1 is 0.676 bits per heavy atom. The third-order valence-electron chi connectivity index (χ3n) is 5.60. The maximum absolute atomic E-state index is 11.4. The normalized spacial score (nSPS) is 23.5. The molecule has 12 heteroatoms. The Kier molecular flexibility index (Phi) is 8.10. The van der Waals surface area contributed by atoms with Gasteiger partial charge in [-0.15, -0.1) is 0 Å². The van der Waals surface area contributed by atoms with E-state index in [-0.39, 0.29) is 24.6 Å². The van der Waals surface area contributed by atoms with Crippen molar-refractivity contribution in [2.45, 2.75) is 72.2 Å². The van der Waals surface area contributed by atoms with Crippen LogP contribution in [-0.4, -0.2) is 79.4 Å². The second-order valence-electron chi connectivity index (χ2n) is 9.05. The SMILES string of the molecule is CO[C@H]1O[C@H](COc2nc(C)cc(C)n2)[C@@H](O)[C@H](Oc2nc(C)cc(C)n2)[C@H]1Oc1nc(C)cc(C)n1. The number of methoxy groups -OCH3 is 1. The van der Waals surface area contributed by atoms with Crippen molar-refractivity contribution >= 4 is 0 Å². The molecule has 0 bridgehead atoms. The molecule has 1 saturated heterocycles. The van der Waals surface area contributed by atoms with E-state index in [1.54, 1.807) is 0 Å². The summed E-state index contributed by atoms with van der Waals surface area (Å²) >= 11 is 0. The Balaban J connectivity index is 1.63. The third-order valence-corrected chi connectivity index (χ3v) is 5.60. The van der Waals surface area contributed by atoms with Crippen LogP contribution in [0.15, 0.2) is 18.2 Å². The molecule has 4 rings (SSSR count). The van der Waals surface area contributed by atoms with Crippen molar-refractivity contribution in [3.8, 4) is 18.0 Å². The van der Waals surface area contributed by atoms with Crippen LogP contribution in [0.25, 0.3) is 0 Å². The highest BCUT2D eigenvalue weighted by molar-refractivity contribution is 5.14. The number of ether oxygens (including phenoxy) is 5. The van der Waals surface area contributed by atoms with Gasteiger partial charge in [-0.25, -0.2) is 29.9 Å². The number of nitrogens with zero attached hydrogens (tertiary/aromatic N) is 6.